The Kier molecular flexibility index (Phi) is 8.65. The molecule has 14 heavy (non-hydrogen) atoms. The smallest absolute Gasteiger partial charge is 0.172 e. The molecule has 0 saturated carbocycles. The Labute approximate surface area is 87.2 Å². The third kappa shape index (κ3) is 5.23. The Balaban J connectivity index is 4.01. The Morgan fingerprint density at radius 1 is 1.29 bits per heavy atom. The maximum atomic E-state index is 5.21. The van der Waals surface area contributed by atoms with Gasteiger partial charge in [0.05, 0.1) is 6.04 Å². The number of methoxy groups -OCH3 is 2. The van der Waals surface area contributed by atoms with Crippen molar-refractivity contribution in [3.63, 3.8) is 0 Å². The Bertz CT molecular complexity index is 179. The van der Waals surface area contributed by atoms with E-state index in [-0.39, 0.29) is 12.3 Å². The van der Waals surface area contributed by atoms with Crippen molar-refractivity contribution in [1.82, 2.24) is 5.32 Å². The molecule has 0 aromatic rings. The average Bonchev–Trinajstić information content (AvgIpc) is 2.20. The van der Waals surface area contributed by atoms with E-state index in [4.69, 9.17) is 9.47 Å². The molecule has 1 atom stereocenters. The first-order valence-electron chi connectivity index (χ1n) is 4.98. The molecule has 82 valence electrons. The molecule has 0 aliphatic heterocycles. The van der Waals surface area contributed by atoms with Crippen LogP contribution < -0.4 is 5.32 Å². The van der Waals surface area contributed by atoms with Crippen molar-refractivity contribution in [2.75, 3.05) is 20.8 Å². The van der Waals surface area contributed by atoms with Gasteiger partial charge in [-0.05, 0) is 19.9 Å². The van der Waals surface area contributed by atoms with Crippen molar-refractivity contribution in [3.05, 3.63) is 0 Å². The monoisotopic (exact) mass is 199 g/mol. The molecule has 0 bridgehead atoms. The van der Waals surface area contributed by atoms with E-state index in [0.29, 0.717) is 0 Å². The molecule has 0 saturated heterocycles. The van der Waals surface area contributed by atoms with Crippen LogP contribution in [-0.4, -0.2) is 33.1 Å². The average molecular weight is 199 g/mol. The molecule has 3 nitrogen and oxygen atoms in total. The fourth-order valence-electron chi connectivity index (χ4n) is 1.37. The van der Waals surface area contributed by atoms with Crippen molar-refractivity contribution >= 4 is 0 Å². The largest absolute Gasteiger partial charge is 0.354 e. The molecule has 0 aromatic carbocycles. The van der Waals surface area contributed by atoms with Gasteiger partial charge in [-0.1, -0.05) is 6.92 Å². The molecule has 0 amide bonds. The van der Waals surface area contributed by atoms with Crippen molar-refractivity contribution in [1.29, 1.82) is 0 Å². The minimum Gasteiger partial charge on any atom is -0.354 e. The van der Waals surface area contributed by atoms with E-state index in [9.17, 15) is 0 Å². The van der Waals surface area contributed by atoms with Gasteiger partial charge in [0.1, 0.15) is 0 Å². The van der Waals surface area contributed by atoms with E-state index in [2.05, 4.69) is 24.1 Å². The van der Waals surface area contributed by atoms with E-state index >= 15 is 0 Å². The molecule has 0 aliphatic carbocycles. The van der Waals surface area contributed by atoms with E-state index in [0.717, 1.165) is 19.4 Å². The zero-order valence-corrected chi connectivity index (χ0v) is 9.59. The second-order valence-electron chi connectivity index (χ2n) is 2.97. The molecular formula is C11H21NO2. The predicted molar refractivity (Wildman–Crippen MR) is 58.0 cm³/mol. The fourth-order valence-corrected chi connectivity index (χ4v) is 1.37. The van der Waals surface area contributed by atoms with Gasteiger partial charge in [-0.25, -0.2) is 0 Å². The molecule has 0 rings (SSSR count). The Morgan fingerprint density at radius 2 is 1.93 bits per heavy atom. The number of nitrogens with one attached hydrogen (secondary N) is 1. The Hall–Kier alpha value is -0.560. The minimum atomic E-state index is -0.186. The molecule has 0 fully saturated rings. The van der Waals surface area contributed by atoms with Crippen LogP contribution in [0.15, 0.2) is 0 Å². The van der Waals surface area contributed by atoms with Gasteiger partial charge in [0.2, 0.25) is 0 Å². The van der Waals surface area contributed by atoms with Crippen LogP contribution in [0.25, 0.3) is 0 Å². The van der Waals surface area contributed by atoms with Crippen LogP contribution in [0.5, 0.6) is 0 Å². The Morgan fingerprint density at radius 3 is 2.36 bits per heavy atom. The normalized spacial score (nSPS) is 12.4. The van der Waals surface area contributed by atoms with Crippen molar-refractivity contribution < 1.29 is 9.47 Å². The van der Waals surface area contributed by atoms with Gasteiger partial charge >= 0.3 is 0 Å². The molecule has 0 spiro atoms. The van der Waals surface area contributed by atoms with Crippen LogP contribution in [0.2, 0.25) is 0 Å². The molecule has 3 heteroatoms. The van der Waals surface area contributed by atoms with Crippen LogP contribution in [0.3, 0.4) is 0 Å². The van der Waals surface area contributed by atoms with Gasteiger partial charge in [0.25, 0.3) is 0 Å². The van der Waals surface area contributed by atoms with Gasteiger partial charge in [-0.2, -0.15) is 0 Å². The highest BCUT2D eigenvalue weighted by Crippen LogP contribution is 2.06. The first-order chi connectivity index (χ1) is 6.79. The summed E-state index contributed by atoms with van der Waals surface area (Å²) in [6.45, 7) is 4.83. The van der Waals surface area contributed by atoms with Crippen LogP contribution in [-0.2, 0) is 9.47 Å². The standard InChI is InChI=1S/C11H21NO2/c1-5-7-8-9-10(12-6-2)11(13-3)14-4/h10-12H,6,8-9H2,1-4H3. The van der Waals surface area contributed by atoms with Gasteiger partial charge in [0.15, 0.2) is 6.29 Å². The lowest BCUT2D eigenvalue weighted by Crippen LogP contribution is -2.41. The molecule has 1 unspecified atom stereocenters. The van der Waals surface area contributed by atoms with E-state index in [1.54, 1.807) is 14.2 Å². The summed E-state index contributed by atoms with van der Waals surface area (Å²) in [7, 11) is 3.31. The fraction of sp³-hybridized carbons (Fsp3) is 0.818. The quantitative estimate of drug-likeness (QED) is 0.496. The number of ether oxygens (including phenoxy) is 2. The third-order valence-corrected chi connectivity index (χ3v) is 2.02. The third-order valence-electron chi connectivity index (χ3n) is 2.02. The summed E-state index contributed by atoms with van der Waals surface area (Å²) in [4.78, 5) is 0. The summed E-state index contributed by atoms with van der Waals surface area (Å²) in [5, 5.41) is 3.33. The summed E-state index contributed by atoms with van der Waals surface area (Å²) >= 11 is 0. The summed E-state index contributed by atoms with van der Waals surface area (Å²) in [5.74, 6) is 5.92. The summed E-state index contributed by atoms with van der Waals surface area (Å²) in [6, 6.07) is 0.218. The number of hydrogen-bond donors (Lipinski definition) is 1. The lowest BCUT2D eigenvalue weighted by Gasteiger charge is -2.24. The molecule has 1 N–H and O–H groups in total. The SMILES string of the molecule is CC#CCCC(NCC)C(OC)OC. The van der Waals surface area contributed by atoms with E-state index < -0.39 is 0 Å². The van der Waals surface area contributed by atoms with Crippen LogP contribution in [0, 0.1) is 11.8 Å². The summed E-state index contributed by atoms with van der Waals surface area (Å²) < 4.78 is 10.4. The number of rotatable bonds is 7. The molecule has 0 heterocycles. The van der Waals surface area contributed by atoms with E-state index in [1.165, 1.54) is 0 Å². The topological polar surface area (TPSA) is 30.5 Å². The molecule has 0 aliphatic rings. The molecular weight excluding hydrogens is 178 g/mol. The maximum absolute atomic E-state index is 5.21. The van der Waals surface area contributed by atoms with Crippen molar-refractivity contribution in [2.24, 2.45) is 0 Å². The number of likely N-dealkylation sites (N-methyl/N-ethyl adjacent to an activating group) is 1. The first kappa shape index (κ1) is 13.4. The highest BCUT2D eigenvalue weighted by atomic mass is 16.7. The predicted octanol–water partition coefficient (Wildman–Crippen LogP) is 1.39. The molecule has 0 radical (unpaired) electrons. The lowest BCUT2D eigenvalue weighted by atomic mass is 10.1. The second-order valence-corrected chi connectivity index (χ2v) is 2.97. The highest BCUT2D eigenvalue weighted by molar-refractivity contribution is 4.95. The first-order valence-corrected chi connectivity index (χ1v) is 4.98. The van der Waals surface area contributed by atoms with Crippen LogP contribution in [0.4, 0.5) is 0 Å². The van der Waals surface area contributed by atoms with Crippen molar-refractivity contribution in [2.45, 2.75) is 39.0 Å². The summed E-state index contributed by atoms with van der Waals surface area (Å²) in [5.41, 5.74) is 0. The van der Waals surface area contributed by atoms with Crippen LogP contribution >= 0.6 is 0 Å². The van der Waals surface area contributed by atoms with Gasteiger partial charge < -0.3 is 14.8 Å². The maximum Gasteiger partial charge on any atom is 0.172 e. The molecule has 0 aromatic heterocycles. The zero-order valence-electron chi connectivity index (χ0n) is 9.59. The van der Waals surface area contributed by atoms with Crippen molar-refractivity contribution in [3.8, 4) is 11.8 Å². The number of hydrogen-bond acceptors (Lipinski definition) is 3. The minimum absolute atomic E-state index is 0.186. The van der Waals surface area contributed by atoms with Crippen LogP contribution in [0.1, 0.15) is 26.7 Å². The van der Waals surface area contributed by atoms with Gasteiger partial charge in [0, 0.05) is 20.6 Å². The summed E-state index contributed by atoms with van der Waals surface area (Å²) in [6.07, 6.45) is 1.63. The van der Waals surface area contributed by atoms with E-state index in [1.807, 2.05) is 6.92 Å². The van der Waals surface area contributed by atoms with Gasteiger partial charge in [-0.3, -0.25) is 0 Å². The lowest BCUT2D eigenvalue weighted by molar-refractivity contribution is -0.123. The van der Waals surface area contributed by atoms with Gasteiger partial charge in [-0.15, -0.1) is 11.8 Å². The highest BCUT2D eigenvalue weighted by Gasteiger charge is 2.18. The zero-order chi connectivity index (χ0) is 10.8. The second kappa shape index (κ2) is 9.01.